The maximum Gasteiger partial charge on any atom is 0.269 e. The number of hydrogen-bond acceptors (Lipinski definition) is 5. The molecule has 1 aromatic carbocycles. The van der Waals surface area contributed by atoms with E-state index in [0.29, 0.717) is 30.1 Å². The second kappa shape index (κ2) is 7.69. The van der Waals surface area contributed by atoms with Gasteiger partial charge >= 0.3 is 0 Å². The maximum absolute atomic E-state index is 11.8. The van der Waals surface area contributed by atoms with Crippen LogP contribution in [-0.2, 0) is 11.2 Å². The SMILES string of the molecule is Cc1noc(CCCC(=O)NNC(=O)c2ccc(Br)cc2)n1. The molecule has 0 atom stereocenters. The lowest BCUT2D eigenvalue weighted by molar-refractivity contribution is -0.121. The van der Waals surface area contributed by atoms with Crippen molar-refractivity contribution in [1.82, 2.24) is 21.0 Å². The molecule has 0 unspecified atom stereocenters. The molecule has 1 heterocycles. The van der Waals surface area contributed by atoms with Gasteiger partial charge in [0.25, 0.3) is 5.91 Å². The molecular weight excluding hydrogens is 352 g/mol. The second-order valence-corrected chi connectivity index (χ2v) is 5.51. The van der Waals surface area contributed by atoms with E-state index in [9.17, 15) is 9.59 Å². The summed E-state index contributed by atoms with van der Waals surface area (Å²) in [4.78, 5) is 27.5. The summed E-state index contributed by atoms with van der Waals surface area (Å²) < 4.78 is 5.82. The third-order valence-corrected chi connectivity index (χ3v) is 3.31. The predicted octanol–water partition coefficient (Wildman–Crippen LogP) is 1.92. The molecule has 7 nitrogen and oxygen atoms in total. The molecule has 0 aliphatic carbocycles. The Morgan fingerprint density at radius 3 is 2.59 bits per heavy atom. The van der Waals surface area contributed by atoms with E-state index >= 15 is 0 Å². The molecule has 2 aromatic rings. The van der Waals surface area contributed by atoms with Crippen molar-refractivity contribution >= 4 is 27.7 Å². The monoisotopic (exact) mass is 366 g/mol. The summed E-state index contributed by atoms with van der Waals surface area (Å²) in [6.45, 7) is 1.73. The van der Waals surface area contributed by atoms with Gasteiger partial charge in [0, 0.05) is 22.9 Å². The lowest BCUT2D eigenvalue weighted by Crippen LogP contribution is -2.41. The summed E-state index contributed by atoms with van der Waals surface area (Å²) in [6.07, 6.45) is 1.33. The van der Waals surface area contributed by atoms with Crippen LogP contribution in [0, 0.1) is 6.92 Å². The highest BCUT2D eigenvalue weighted by atomic mass is 79.9. The molecule has 2 N–H and O–H groups in total. The number of nitrogens with one attached hydrogen (secondary N) is 2. The Morgan fingerprint density at radius 2 is 1.95 bits per heavy atom. The van der Waals surface area contributed by atoms with Crippen LogP contribution in [0.3, 0.4) is 0 Å². The van der Waals surface area contributed by atoms with E-state index in [2.05, 4.69) is 36.9 Å². The van der Waals surface area contributed by atoms with E-state index in [0.717, 1.165) is 4.47 Å². The van der Waals surface area contributed by atoms with E-state index < -0.39 is 0 Å². The first-order valence-electron chi connectivity index (χ1n) is 6.68. The Labute approximate surface area is 135 Å². The summed E-state index contributed by atoms with van der Waals surface area (Å²) >= 11 is 3.29. The topological polar surface area (TPSA) is 97.1 Å². The number of carbonyl (C=O) groups excluding carboxylic acids is 2. The van der Waals surface area contributed by atoms with Gasteiger partial charge in [-0.25, -0.2) is 0 Å². The average molecular weight is 367 g/mol. The van der Waals surface area contributed by atoms with Crippen LogP contribution in [0.2, 0.25) is 0 Å². The second-order valence-electron chi connectivity index (χ2n) is 4.60. The number of amides is 2. The molecular formula is C14H15BrN4O3. The molecule has 8 heteroatoms. The average Bonchev–Trinajstić information content (AvgIpc) is 2.91. The number of nitrogens with zero attached hydrogens (tertiary/aromatic N) is 2. The molecule has 0 radical (unpaired) electrons. The number of aromatic nitrogens is 2. The fourth-order valence-electron chi connectivity index (χ4n) is 1.70. The van der Waals surface area contributed by atoms with E-state index in [1.807, 2.05) is 0 Å². The third-order valence-electron chi connectivity index (χ3n) is 2.79. The maximum atomic E-state index is 11.8. The Balaban J connectivity index is 1.68. The van der Waals surface area contributed by atoms with Crippen molar-refractivity contribution in [2.75, 3.05) is 0 Å². The Kier molecular flexibility index (Phi) is 5.65. The molecule has 2 rings (SSSR count). The van der Waals surface area contributed by atoms with E-state index in [1.54, 1.807) is 31.2 Å². The van der Waals surface area contributed by atoms with Gasteiger partial charge in [0.1, 0.15) is 0 Å². The van der Waals surface area contributed by atoms with E-state index in [1.165, 1.54) is 0 Å². The van der Waals surface area contributed by atoms with Crippen LogP contribution in [0.15, 0.2) is 33.3 Å². The highest BCUT2D eigenvalue weighted by Gasteiger charge is 2.08. The Bertz CT molecular complexity index is 654. The summed E-state index contributed by atoms with van der Waals surface area (Å²) in [5, 5.41) is 3.67. The zero-order valence-electron chi connectivity index (χ0n) is 11.9. The zero-order chi connectivity index (χ0) is 15.9. The molecule has 1 aromatic heterocycles. The highest BCUT2D eigenvalue weighted by Crippen LogP contribution is 2.10. The van der Waals surface area contributed by atoms with Crippen molar-refractivity contribution in [2.24, 2.45) is 0 Å². The van der Waals surface area contributed by atoms with Crippen LogP contribution in [0.5, 0.6) is 0 Å². The van der Waals surface area contributed by atoms with Crippen LogP contribution in [-0.4, -0.2) is 22.0 Å². The van der Waals surface area contributed by atoms with Crippen molar-refractivity contribution in [3.63, 3.8) is 0 Å². The molecule has 2 amide bonds. The zero-order valence-corrected chi connectivity index (χ0v) is 13.5. The lowest BCUT2D eigenvalue weighted by Gasteiger charge is -2.07. The van der Waals surface area contributed by atoms with Gasteiger partial charge in [-0.15, -0.1) is 0 Å². The minimum Gasteiger partial charge on any atom is -0.339 e. The van der Waals surface area contributed by atoms with Gasteiger partial charge in [-0.2, -0.15) is 4.98 Å². The predicted molar refractivity (Wildman–Crippen MR) is 81.7 cm³/mol. The van der Waals surface area contributed by atoms with Gasteiger partial charge in [0.15, 0.2) is 5.82 Å². The smallest absolute Gasteiger partial charge is 0.269 e. The first kappa shape index (κ1) is 16.2. The van der Waals surface area contributed by atoms with E-state index in [-0.39, 0.29) is 18.2 Å². The summed E-state index contributed by atoms with van der Waals surface area (Å²) in [5.74, 6) is 0.431. The number of halogens is 1. The van der Waals surface area contributed by atoms with Gasteiger partial charge in [-0.1, -0.05) is 21.1 Å². The molecule has 0 aliphatic heterocycles. The number of hydrogen-bond donors (Lipinski definition) is 2. The van der Waals surface area contributed by atoms with Crippen molar-refractivity contribution < 1.29 is 14.1 Å². The minimum atomic E-state index is -0.367. The normalized spacial score (nSPS) is 10.3. The summed E-state index contributed by atoms with van der Waals surface area (Å²) in [7, 11) is 0. The van der Waals surface area contributed by atoms with Gasteiger partial charge in [-0.3, -0.25) is 20.4 Å². The lowest BCUT2D eigenvalue weighted by atomic mass is 10.2. The van der Waals surface area contributed by atoms with Gasteiger partial charge in [0.2, 0.25) is 11.8 Å². The largest absolute Gasteiger partial charge is 0.339 e. The van der Waals surface area contributed by atoms with Gasteiger partial charge < -0.3 is 4.52 Å². The van der Waals surface area contributed by atoms with Crippen LogP contribution in [0.4, 0.5) is 0 Å². The number of rotatable bonds is 5. The molecule has 0 bridgehead atoms. The van der Waals surface area contributed by atoms with E-state index in [4.69, 9.17) is 4.52 Å². The molecule has 0 spiro atoms. The van der Waals surface area contributed by atoms with Crippen LogP contribution < -0.4 is 10.9 Å². The molecule has 0 saturated heterocycles. The van der Waals surface area contributed by atoms with Crippen LogP contribution in [0.25, 0.3) is 0 Å². The summed E-state index contributed by atoms with van der Waals surface area (Å²) in [6, 6.07) is 6.82. The van der Waals surface area contributed by atoms with Crippen molar-refractivity contribution in [3.8, 4) is 0 Å². The Hall–Kier alpha value is -2.22. The van der Waals surface area contributed by atoms with Crippen molar-refractivity contribution in [2.45, 2.75) is 26.2 Å². The molecule has 116 valence electrons. The standard InChI is InChI=1S/C14H15BrN4O3/c1-9-16-13(22-19-9)4-2-3-12(20)17-18-14(21)10-5-7-11(15)8-6-10/h5-8H,2-4H2,1H3,(H,17,20)(H,18,21). The Morgan fingerprint density at radius 1 is 1.23 bits per heavy atom. The fraction of sp³-hybridized carbons (Fsp3) is 0.286. The summed E-state index contributed by atoms with van der Waals surface area (Å²) in [5.41, 5.74) is 5.20. The highest BCUT2D eigenvalue weighted by molar-refractivity contribution is 9.10. The van der Waals surface area contributed by atoms with Gasteiger partial charge in [-0.05, 0) is 37.6 Å². The number of carbonyl (C=O) groups is 2. The first-order valence-corrected chi connectivity index (χ1v) is 7.48. The number of aryl methyl sites for hydroxylation is 2. The number of hydrazine groups is 1. The number of benzene rings is 1. The molecule has 0 aliphatic rings. The quantitative estimate of drug-likeness (QED) is 0.787. The minimum absolute atomic E-state index is 0.252. The van der Waals surface area contributed by atoms with Crippen LogP contribution >= 0.6 is 15.9 Å². The fourth-order valence-corrected chi connectivity index (χ4v) is 1.97. The van der Waals surface area contributed by atoms with Crippen molar-refractivity contribution in [3.05, 3.63) is 46.0 Å². The molecule has 0 fully saturated rings. The van der Waals surface area contributed by atoms with Crippen molar-refractivity contribution in [1.29, 1.82) is 0 Å². The molecule has 22 heavy (non-hydrogen) atoms. The van der Waals surface area contributed by atoms with Gasteiger partial charge in [0.05, 0.1) is 0 Å². The van der Waals surface area contributed by atoms with Crippen LogP contribution in [0.1, 0.15) is 34.9 Å². The third kappa shape index (κ3) is 4.96. The molecule has 0 saturated carbocycles. The first-order chi connectivity index (χ1) is 10.5.